The number of nitrogens with zero attached hydrogens (tertiary/aromatic N) is 4. The number of benzene rings is 2. The number of halogens is 2. The lowest BCUT2D eigenvalue weighted by atomic mass is 10.3. The maximum absolute atomic E-state index is 13.3. The van der Waals surface area contributed by atoms with E-state index in [0.717, 1.165) is 12.1 Å². The lowest BCUT2D eigenvalue weighted by Crippen LogP contribution is -2.19. The molecule has 2 aromatic carbocycles. The predicted octanol–water partition coefficient (Wildman–Crippen LogP) is 2.59. The summed E-state index contributed by atoms with van der Waals surface area (Å²) < 4.78 is 32.6. The molecule has 2 aromatic heterocycles. The molecule has 0 aliphatic carbocycles. The highest BCUT2D eigenvalue weighted by molar-refractivity contribution is 5.92. The molecule has 2 heterocycles. The van der Waals surface area contributed by atoms with Crippen molar-refractivity contribution in [2.75, 3.05) is 11.1 Å². The van der Waals surface area contributed by atoms with E-state index in [4.69, 9.17) is 5.73 Å². The van der Waals surface area contributed by atoms with Crippen molar-refractivity contribution in [2.24, 2.45) is 0 Å². The van der Waals surface area contributed by atoms with Gasteiger partial charge in [-0.3, -0.25) is 4.79 Å². The molecular formula is C17H12F2N6O2. The van der Waals surface area contributed by atoms with Crippen molar-refractivity contribution < 1.29 is 18.2 Å². The first-order valence-electron chi connectivity index (χ1n) is 7.81. The van der Waals surface area contributed by atoms with Crippen LogP contribution in [-0.2, 0) is 11.3 Å². The molecule has 0 radical (unpaired) electrons. The summed E-state index contributed by atoms with van der Waals surface area (Å²) in [5, 5.41) is 9.78. The Labute approximate surface area is 150 Å². The number of hydrogen-bond acceptors (Lipinski definition) is 6. The van der Waals surface area contributed by atoms with Crippen molar-refractivity contribution in [3.63, 3.8) is 0 Å². The van der Waals surface area contributed by atoms with Gasteiger partial charge in [-0.25, -0.2) is 18.4 Å². The van der Waals surface area contributed by atoms with Crippen LogP contribution in [0.2, 0.25) is 0 Å². The monoisotopic (exact) mass is 370 g/mol. The van der Waals surface area contributed by atoms with Gasteiger partial charge in [-0.15, -0.1) is 0 Å². The number of rotatable bonds is 4. The van der Waals surface area contributed by atoms with E-state index in [1.165, 1.54) is 6.07 Å². The normalized spacial score (nSPS) is 11.0. The van der Waals surface area contributed by atoms with Crippen LogP contribution in [-0.4, -0.2) is 25.8 Å². The number of nitrogens with one attached hydrogen (secondary N) is 1. The van der Waals surface area contributed by atoms with Gasteiger partial charge in [0.15, 0.2) is 29.0 Å². The second-order valence-electron chi connectivity index (χ2n) is 5.69. The first kappa shape index (κ1) is 16.6. The molecule has 4 rings (SSSR count). The minimum Gasteiger partial charge on any atom is -0.379 e. The Kier molecular flexibility index (Phi) is 3.99. The number of nitrogens with two attached hydrogens (primary N) is 1. The quantitative estimate of drug-likeness (QED) is 0.571. The number of imidazole rings is 1. The minimum absolute atomic E-state index is 0.0348. The molecule has 10 heteroatoms. The summed E-state index contributed by atoms with van der Waals surface area (Å²) in [6, 6.07) is 10.2. The van der Waals surface area contributed by atoms with Gasteiger partial charge in [0.2, 0.25) is 5.91 Å². The van der Waals surface area contributed by atoms with Gasteiger partial charge in [0.1, 0.15) is 6.54 Å². The maximum atomic E-state index is 13.3. The van der Waals surface area contributed by atoms with Crippen LogP contribution in [0.5, 0.6) is 0 Å². The number of nitrogen functional groups attached to an aromatic ring is 1. The molecular weight excluding hydrogens is 358 g/mol. The van der Waals surface area contributed by atoms with Gasteiger partial charge >= 0.3 is 0 Å². The molecule has 0 spiro atoms. The Morgan fingerprint density at radius 2 is 1.96 bits per heavy atom. The van der Waals surface area contributed by atoms with E-state index in [-0.39, 0.29) is 23.7 Å². The number of carbonyl (C=O) groups is 1. The molecule has 0 saturated carbocycles. The van der Waals surface area contributed by atoms with E-state index in [9.17, 15) is 13.6 Å². The smallest absolute Gasteiger partial charge is 0.244 e. The molecule has 3 N–H and O–H groups in total. The number of aromatic nitrogens is 4. The third kappa shape index (κ3) is 3.08. The Morgan fingerprint density at radius 3 is 2.70 bits per heavy atom. The van der Waals surface area contributed by atoms with Crippen LogP contribution in [0.15, 0.2) is 47.1 Å². The van der Waals surface area contributed by atoms with Gasteiger partial charge in [-0.1, -0.05) is 12.1 Å². The van der Waals surface area contributed by atoms with E-state index in [0.29, 0.717) is 16.9 Å². The Hall–Kier alpha value is -3.82. The number of para-hydroxylation sites is 2. The number of carbonyl (C=O) groups excluding carboxylic acids is 1. The van der Waals surface area contributed by atoms with Crippen molar-refractivity contribution in [1.82, 2.24) is 19.9 Å². The van der Waals surface area contributed by atoms with E-state index >= 15 is 0 Å². The third-order valence-corrected chi connectivity index (χ3v) is 3.89. The van der Waals surface area contributed by atoms with Crippen molar-refractivity contribution in [2.45, 2.75) is 6.54 Å². The van der Waals surface area contributed by atoms with Crippen molar-refractivity contribution in [3.05, 3.63) is 54.1 Å². The fourth-order valence-corrected chi connectivity index (χ4v) is 2.68. The highest BCUT2D eigenvalue weighted by Crippen LogP contribution is 2.26. The second kappa shape index (κ2) is 6.48. The number of anilines is 2. The zero-order valence-electron chi connectivity index (χ0n) is 13.7. The van der Waals surface area contributed by atoms with Gasteiger partial charge in [0, 0.05) is 11.8 Å². The molecule has 4 aromatic rings. The summed E-state index contributed by atoms with van der Waals surface area (Å²) in [6.45, 7) is -0.166. The van der Waals surface area contributed by atoms with E-state index in [1.54, 1.807) is 28.8 Å². The largest absolute Gasteiger partial charge is 0.379 e. The molecule has 8 nitrogen and oxygen atoms in total. The molecule has 0 aliphatic heterocycles. The van der Waals surface area contributed by atoms with E-state index < -0.39 is 17.5 Å². The molecule has 136 valence electrons. The SMILES string of the molecule is Nc1nonc1-c1nc2ccccc2n1CC(=O)Nc1ccc(F)c(F)c1. The molecule has 27 heavy (non-hydrogen) atoms. The molecule has 0 saturated heterocycles. The van der Waals surface area contributed by atoms with Crippen LogP contribution >= 0.6 is 0 Å². The van der Waals surface area contributed by atoms with Crippen LogP contribution in [0.4, 0.5) is 20.3 Å². The standard InChI is InChI=1S/C17H12F2N6O2/c18-10-6-5-9(7-11(10)19)21-14(26)8-25-13-4-2-1-3-12(13)22-17(25)15-16(20)24-27-23-15/h1-7H,8H2,(H2,20,24)(H,21,26). The summed E-state index contributed by atoms with van der Waals surface area (Å²) in [5.74, 6) is -2.18. The van der Waals surface area contributed by atoms with Gasteiger partial charge in [-0.05, 0) is 34.6 Å². The average molecular weight is 370 g/mol. The second-order valence-corrected chi connectivity index (χ2v) is 5.69. The van der Waals surface area contributed by atoms with Crippen LogP contribution in [0.1, 0.15) is 0 Å². The first-order valence-corrected chi connectivity index (χ1v) is 7.81. The van der Waals surface area contributed by atoms with Gasteiger partial charge in [-0.2, -0.15) is 0 Å². The zero-order chi connectivity index (χ0) is 19.0. The molecule has 0 atom stereocenters. The highest BCUT2D eigenvalue weighted by Gasteiger charge is 2.20. The number of fused-ring (bicyclic) bond motifs is 1. The third-order valence-electron chi connectivity index (χ3n) is 3.89. The topological polar surface area (TPSA) is 112 Å². The van der Waals surface area contributed by atoms with E-state index in [1.807, 2.05) is 0 Å². The summed E-state index contributed by atoms with van der Waals surface area (Å²) in [4.78, 5) is 16.9. The van der Waals surface area contributed by atoms with Gasteiger partial charge < -0.3 is 15.6 Å². The maximum Gasteiger partial charge on any atom is 0.244 e. The van der Waals surface area contributed by atoms with Gasteiger partial charge in [0.25, 0.3) is 0 Å². The minimum atomic E-state index is -1.05. The average Bonchev–Trinajstić information content (AvgIpc) is 3.22. The first-order chi connectivity index (χ1) is 13.0. The molecule has 0 fully saturated rings. The van der Waals surface area contributed by atoms with Crippen LogP contribution < -0.4 is 11.1 Å². The lowest BCUT2D eigenvalue weighted by Gasteiger charge is -2.09. The summed E-state index contributed by atoms with van der Waals surface area (Å²) in [5.41, 5.74) is 7.37. The summed E-state index contributed by atoms with van der Waals surface area (Å²) in [7, 11) is 0. The molecule has 0 aliphatic rings. The van der Waals surface area contributed by atoms with Gasteiger partial charge in [0.05, 0.1) is 11.0 Å². The fourth-order valence-electron chi connectivity index (χ4n) is 2.68. The van der Waals surface area contributed by atoms with Crippen molar-refractivity contribution in [3.8, 4) is 11.5 Å². The Morgan fingerprint density at radius 1 is 1.15 bits per heavy atom. The van der Waals surface area contributed by atoms with Crippen molar-refractivity contribution in [1.29, 1.82) is 0 Å². The summed E-state index contributed by atoms with van der Waals surface area (Å²) in [6.07, 6.45) is 0. The Bertz CT molecular complexity index is 1150. The lowest BCUT2D eigenvalue weighted by molar-refractivity contribution is -0.116. The molecule has 1 amide bonds. The Balaban J connectivity index is 1.69. The van der Waals surface area contributed by atoms with Crippen LogP contribution in [0, 0.1) is 11.6 Å². The molecule has 0 bridgehead atoms. The van der Waals surface area contributed by atoms with Crippen molar-refractivity contribution >= 4 is 28.4 Å². The van der Waals surface area contributed by atoms with Crippen LogP contribution in [0.3, 0.4) is 0 Å². The summed E-state index contributed by atoms with van der Waals surface area (Å²) >= 11 is 0. The van der Waals surface area contributed by atoms with E-state index in [2.05, 4.69) is 25.2 Å². The molecule has 0 unspecified atom stereocenters. The number of hydrogen-bond donors (Lipinski definition) is 2. The highest BCUT2D eigenvalue weighted by atomic mass is 19.2. The van der Waals surface area contributed by atoms with Crippen LogP contribution in [0.25, 0.3) is 22.6 Å². The number of amides is 1. The zero-order valence-corrected chi connectivity index (χ0v) is 13.7. The predicted molar refractivity (Wildman–Crippen MR) is 92.4 cm³/mol. The fraction of sp³-hybridized carbons (Fsp3) is 0.0588.